The third-order valence-electron chi connectivity index (χ3n) is 3.39. The number of nitrogens with zero attached hydrogens (tertiary/aromatic N) is 3. The Balaban J connectivity index is 2.06. The maximum atomic E-state index is 5.97. The van der Waals surface area contributed by atoms with Crippen LogP contribution in [0, 0.1) is 0 Å². The number of nitrogens with two attached hydrogens (primary N) is 1. The second kappa shape index (κ2) is 4.94. The van der Waals surface area contributed by atoms with Crippen LogP contribution in [0.25, 0.3) is 0 Å². The Morgan fingerprint density at radius 3 is 2.33 bits per heavy atom. The summed E-state index contributed by atoms with van der Waals surface area (Å²) in [7, 11) is 0. The van der Waals surface area contributed by atoms with Crippen LogP contribution < -0.4 is 10.6 Å². The molecule has 0 saturated carbocycles. The summed E-state index contributed by atoms with van der Waals surface area (Å²) in [6, 6.07) is 1.76. The lowest BCUT2D eigenvalue weighted by molar-refractivity contribution is 0.128. The van der Waals surface area contributed by atoms with Gasteiger partial charge in [-0.05, 0) is 26.8 Å². The van der Waals surface area contributed by atoms with Gasteiger partial charge in [-0.2, -0.15) is 0 Å². The summed E-state index contributed by atoms with van der Waals surface area (Å²) in [5.41, 5.74) is 6.86. The fourth-order valence-electron chi connectivity index (χ4n) is 2.30. The van der Waals surface area contributed by atoms with Gasteiger partial charge >= 0.3 is 0 Å². The van der Waals surface area contributed by atoms with E-state index in [1.165, 1.54) is 0 Å². The molecule has 1 saturated heterocycles. The van der Waals surface area contributed by atoms with Crippen LogP contribution in [0.3, 0.4) is 0 Å². The lowest BCUT2D eigenvalue weighted by Gasteiger charge is -2.42. The molecule has 0 bridgehead atoms. The van der Waals surface area contributed by atoms with Gasteiger partial charge in [0.1, 0.15) is 0 Å². The number of rotatable bonds is 1. The smallest absolute Gasteiger partial charge is 0.151 e. The molecule has 2 rings (SSSR count). The summed E-state index contributed by atoms with van der Waals surface area (Å²) >= 11 is 5.87. The Morgan fingerprint density at radius 2 is 1.83 bits per heavy atom. The minimum atomic E-state index is 0.227. The standard InChI is InChI=1S/C13H21ClN4/c1-13(2,3)18-6-4-17(5-7-18)12-11(15)8-10(14)9-16-12/h8-9H,4-7,15H2,1-3H3. The van der Waals surface area contributed by atoms with Crippen LogP contribution >= 0.6 is 11.6 Å². The van der Waals surface area contributed by atoms with Crippen molar-refractivity contribution in [1.29, 1.82) is 0 Å². The van der Waals surface area contributed by atoms with E-state index in [9.17, 15) is 0 Å². The highest BCUT2D eigenvalue weighted by atomic mass is 35.5. The van der Waals surface area contributed by atoms with Gasteiger partial charge in [0.2, 0.25) is 0 Å². The van der Waals surface area contributed by atoms with Gasteiger partial charge in [0.15, 0.2) is 5.82 Å². The summed E-state index contributed by atoms with van der Waals surface area (Å²) in [6.07, 6.45) is 1.66. The Labute approximate surface area is 114 Å². The molecule has 2 heterocycles. The number of pyridine rings is 1. The molecule has 1 aliphatic heterocycles. The highest BCUT2D eigenvalue weighted by molar-refractivity contribution is 6.30. The average Bonchev–Trinajstić information content (AvgIpc) is 2.28. The molecule has 0 radical (unpaired) electrons. The van der Waals surface area contributed by atoms with Crippen molar-refractivity contribution in [1.82, 2.24) is 9.88 Å². The van der Waals surface area contributed by atoms with Crippen LogP contribution in [0.4, 0.5) is 11.5 Å². The van der Waals surface area contributed by atoms with Gasteiger partial charge in [-0.3, -0.25) is 4.90 Å². The molecule has 5 heteroatoms. The second-order valence-electron chi connectivity index (χ2n) is 5.71. The van der Waals surface area contributed by atoms with Gasteiger partial charge in [-0.1, -0.05) is 11.6 Å². The first-order chi connectivity index (χ1) is 8.38. The molecule has 0 spiro atoms. The van der Waals surface area contributed by atoms with E-state index < -0.39 is 0 Å². The monoisotopic (exact) mass is 268 g/mol. The molecular weight excluding hydrogens is 248 g/mol. The van der Waals surface area contributed by atoms with E-state index in [1.807, 2.05) is 0 Å². The lowest BCUT2D eigenvalue weighted by Crippen LogP contribution is -2.53. The maximum absolute atomic E-state index is 5.97. The minimum Gasteiger partial charge on any atom is -0.396 e. The SMILES string of the molecule is CC(C)(C)N1CCN(c2ncc(Cl)cc2N)CC1. The van der Waals surface area contributed by atoms with Gasteiger partial charge in [-0.25, -0.2) is 4.98 Å². The Kier molecular flexibility index (Phi) is 3.69. The Morgan fingerprint density at radius 1 is 1.22 bits per heavy atom. The number of hydrogen-bond donors (Lipinski definition) is 1. The summed E-state index contributed by atoms with van der Waals surface area (Å²) in [5, 5.41) is 0.588. The molecule has 100 valence electrons. The highest BCUT2D eigenvalue weighted by Gasteiger charge is 2.26. The average molecular weight is 269 g/mol. The van der Waals surface area contributed by atoms with E-state index in [-0.39, 0.29) is 5.54 Å². The van der Waals surface area contributed by atoms with Crippen LogP contribution in [0.1, 0.15) is 20.8 Å². The van der Waals surface area contributed by atoms with Gasteiger partial charge in [0.05, 0.1) is 10.7 Å². The van der Waals surface area contributed by atoms with Crippen LogP contribution in [-0.4, -0.2) is 41.6 Å². The summed E-state index contributed by atoms with van der Waals surface area (Å²) < 4.78 is 0. The van der Waals surface area contributed by atoms with Crippen molar-refractivity contribution in [2.24, 2.45) is 0 Å². The molecule has 1 fully saturated rings. The zero-order chi connectivity index (χ0) is 13.3. The molecule has 1 aliphatic rings. The number of hydrogen-bond acceptors (Lipinski definition) is 4. The molecule has 0 aromatic carbocycles. The first-order valence-corrected chi connectivity index (χ1v) is 6.67. The van der Waals surface area contributed by atoms with E-state index in [4.69, 9.17) is 17.3 Å². The third-order valence-corrected chi connectivity index (χ3v) is 3.60. The summed E-state index contributed by atoms with van der Waals surface area (Å²) in [5.74, 6) is 0.855. The number of nitrogen functional groups attached to an aromatic ring is 1. The third kappa shape index (κ3) is 2.87. The molecule has 0 unspecified atom stereocenters. The molecule has 1 aromatic heterocycles. The fourth-order valence-corrected chi connectivity index (χ4v) is 2.47. The normalized spacial score (nSPS) is 18.1. The predicted octanol–water partition coefficient (Wildman–Crippen LogP) is 2.24. The highest BCUT2D eigenvalue weighted by Crippen LogP contribution is 2.25. The van der Waals surface area contributed by atoms with Crippen molar-refractivity contribution >= 4 is 23.1 Å². The molecule has 4 nitrogen and oxygen atoms in total. The second-order valence-corrected chi connectivity index (χ2v) is 6.15. The van der Waals surface area contributed by atoms with E-state index >= 15 is 0 Å². The molecule has 0 atom stereocenters. The zero-order valence-electron chi connectivity index (χ0n) is 11.3. The zero-order valence-corrected chi connectivity index (χ0v) is 12.0. The van der Waals surface area contributed by atoms with Gasteiger partial charge < -0.3 is 10.6 Å². The van der Waals surface area contributed by atoms with Gasteiger partial charge in [-0.15, -0.1) is 0 Å². The van der Waals surface area contributed by atoms with Crippen molar-refractivity contribution in [2.75, 3.05) is 36.8 Å². The molecule has 18 heavy (non-hydrogen) atoms. The topological polar surface area (TPSA) is 45.4 Å². The fraction of sp³-hybridized carbons (Fsp3) is 0.615. The van der Waals surface area contributed by atoms with E-state index in [1.54, 1.807) is 12.3 Å². The van der Waals surface area contributed by atoms with E-state index in [0.29, 0.717) is 10.7 Å². The number of halogens is 1. The summed E-state index contributed by atoms with van der Waals surface area (Å²) in [6.45, 7) is 10.7. The van der Waals surface area contributed by atoms with Crippen LogP contribution in [0.15, 0.2) is 12.3 Å². The van der Waals surface area contributed by atoms with Crippen molar-refractivity contribution in [2.45, 2.75) is 26.3 Å². The van der Waals surface area contributed by atoms with Crippen molar-refractivity contribution in [3.05, 3.63) is 17.3 Å². The summed E-state index contributed by atoms with van der Waals surface area (Å²) in [4.78, 5) is 9.05. The van der Waals surface area contributed by atoms with Crippen molar-refractivity contribution in [3.8, 4) is 0 Å². The largest absolute Gasteiger partial charge is 0.396 e. The van der Waals surface area contributed by atoms with E-state index in [2.05, 4.69) is 35.6 Å². The van der Waals surface area contributed by atoms with Gasteiger partial charge in [0.25, 0.3) is 0 Å². The lowest BCUT2D eigenvalue weighted by atomic mass is 10.0. The predicted molar refractivity (Wildman–Crippen MR) is 77.2 cm³/mol. The molecule has 1 aromatic rings. The number of anilines is 2. The van der Waals surface area contributed by atoms with Gasteiger partial charge in [0, 0.05) is 37.9 Å². The number of piperazine rings is 1. The Hall–Kier alpha value is -1.00. The molecule has 0 amide bonds. The van der Waals surface area contributed by atoms with Crippen LogP contribution in [0.2, 0.25) is 5.02 Å². The first kappa shape index (κ1) is 13.4. The molecule has 2 N–H and O–H groups in total. The molecule has 0 aliphatic carbocycles. The number of aromatic nitrogens is 1. The van der Waals surface area contributed by atoms with Crippen LogP contribution in [0.5, 0.6) is 0 Å². The van der Waals surface area contributed by atoms with Crippen molar-refractivity contribution in [3.63, 3.8) is 0 Å². The van der Waals surface area contributed by atoms with E-state index in [0.717, 1.165) is 32.0 Å². The Bertz CT molecular complexity index is 419. The quantitative estimate of drug-likeness (QED) is 0.849. The minimum absolute atomic E-state index is 0.227. The molecular formula is C13H21ClN4. The van der Waals surface area contributed by atoms with Crippen molar-refractivity contribution < 1.29 is 0 Å². The first-order valence-electron chi connectivity index (χ1n) is 6.29. The maximum Gasteiger partial charge on any atom is 0.151 e. The van der Waals surface area contributed by atoms with Crippen LogP contribution in [-0.2, 0) is 0 Å².